The predicted octanol–water partition coefficient (Wildman–Crippen LogP) is 5.14. The molecule has 0 spiro atoms. The Morgan fingerprint density at radius 1 is 1.17 bits per heavy atom. The number of halogens is 1. The zero-order valence-corrected chi connectivity index (χ0v) is 20.5. The highest BCUT2D eigenvalue weighted by Gasteiger charge is 2.15. The van der Waals surface area contributed by atoms with Gasteiger partial charge in [0.1, 0.15) is 12.4 Å². The molecular formula is C22H25IN4O2S. The van der Waals surface area contributed by atoms with Crippen molar-refractivity contribution in [2.75, 3.05) is 11.1 Å². The van der Waals surface area contributed by atoms with Crippen LogP contribution in [0.3, 0.4) is 0 Å². The van der Waals surface area contributed by atoms with Gasteiger partial charge in [-0.15, -0.1) is 10.2 Å². The molecule has 0 aliphatic rings. The fraction of sp³-hybridized carbons (Fsp3) is 0.318. The molecule has 3 rings (SSSR count). The molecule has 158 valence electrons. The third kappa shape index (κ3) is 5.54. The van der Waals surface area contributed by atoms with E-state index in [0.717, 1.165) is 32.0 Å². The first kappa shape index (κ1) is 22.6. The van der Waals surface area contributed by atoms with E-state index in [0.29, 0.717) is 18.3 Å². The number of hydrogen-bond acceptors (Lipinski definition) is 5. The third-order valence-electron chi connectivity index (χ3n) is 4.82. The number of thioether (sulfide) groups is 1. The molecule has 0 aliphatic heterocycles. The van der Waals surface area contributed by atoms with Crippen LogP contribution in [0.25, 0.3) is 0 Å². The maximum Gasteiger partial charge on any atom is 0.234 e. The SMILES string of the molecule is CCn1c(COc2cccc(C)c2C)nnc1SCC(=O)Nc1ccc(I)cc1C. The number of aryl methyl sites for hydroxylation is 2. The molecule has 0 atom stereocenters. The second-order valence-electron chi connectivity index (χ2n) is 6.93. The van der Waals surface area contributed by atoms with Crippen LogP contribution in [0.15, 0.2) is 41.6 Å². The molecule has 30 heavy (non-hydrogen) atoms. The van der Waals surface area contributed by atoms with Crippen molar-refractivity contribution < 1.29 is 9.53 Å². The number of ether oxygens (including phenoxy) is 1. The lowest BCUT2D eigenvalue weighted by atomic mass is 10.1. The molecule has 3 aromatic rings. The first-order valence-electron chi connectivity index (χ1n) is 9.69. The number of amides is 1. The Morgan fingerprint density at radius 2 is 1.97 bits per heavy atom. The largest absolute Gasteiger partial charge is 0.485 e. The molecule has 0 bridgehead atoms. The maximum atomic E-state index is 12.4. The Morgan fingerprint density at radius 3 is 2.70 bits per heavy atom. The Bertz CT molecular complexity index is 1050. The second kappa shape index (κ2) is 10.3. The number of anilines is 1. The Hall–Kier alpha value is -2.07. The lowest BCUT2D eigenvalue weighted by Crippen LogP contribution is -2.15. The van der Waals surface area contributed by atoms with Gasteiger partial charge >= 0.3 is 0 Å². The third-order valence-corrected chi connectivity index (χ3v) is 6.45. The molecule has 1 heterocycles. The van der Waals surface area contributed by atoms with E-state index >= 15 is 0 Å². The maximum absolute atomic E-state index is 12.4. The monoisotopic (exact) mass is 536 g/mol. The molecule has 8 heteroatoms. The smallest absolute Gasteiger partial charge is 0.234 e. The molecule has 1 N–H and O–H groups in total. The zero-order chi connectivity index (χ0) is 21.7. The minimum absolute atomic E-state index is 0.0665. The Balaban J connectivity index is 1.61. The molecule has 1 aromatic heterocycles. The van der Waals surface area contributed by atoms with Crippen molar-refractivity contribution in [1.82, 2.24) is 14.8 Å². The molecule has 0 unspecified atom stereocenters. The summed E-state index contributed by atoms with van der Waals surface area (Å²) in [6.45, 7) is 9.17. The van der Waals surface area contributed by atoms with Crippen LogP contribution in [0.2, 0.25) is 0 Å². The van der Waals surface area contributed by atoms with Gasteiger partial charge in [0, 0.05) is 15.8 Å². The topological polar surface area (TPSA) is 69.0 Å². The van der Waals surface area contributed by atoms with E-state index in [9.17, 15) is 4.79 Å². The van der Waals surface area contributed by atoms with Gasteiger partial charge in [0.25, 0.3) is 0 Å². The summed E-state index contributed by atoms with van der Waals surface area (Å²) in [5.74, 6) is 1.79. The van der Waals surface area contributed by atoms with Crippen LogP contribution in [0, 0.1) is 24.3 Å². The summed E-state index contributed by atoms with van der Waals surface area (Å²) < 4.78 is 9.10. The number of rotatable bonds is 8. The Labute approximate surface area is 195 Å². The van der Waals surface area contributed by atoms with Gasteiger partial charge in [-0.25, -0.2) is 0 Å². The summed E-state index contributed by atoms with van der Waals surface area (Å²) in [7, 11) is 0. The second-order valence-corrected chi connectivity index (χ2v) is 9.11. The molecule has 0 saturated carbocycles. The van der Waals surface area contributed by atoms with E-state index in [2.05, 4.69) is 51.1 Å². The fourth-order valence-corrected chi connectivity index (χ4v) is 4.42. The average Bonchev–Trinajstić information content (AvgIpc) is 3.11. The number of carbonyl (C=O) groups excluding carboxylic acids is 1. The average molecular weight is 536 g/mol. The molecule has 2 aromatic carbocycles. The van der Waals surface area contributed by atoms with E-state index in [-0.39, 0.29) is 11.7 Å². The minimum Gasteiger partial charge on any atom is -0.485 e. The van der Waals surface area contributed by atoms with E-state index in [4.69, 9.17) is 4.74 Å². The number of carbonyl (C=O) groups is 1. The zero-order valence-electron chi connectivity index (χ0n) is 17.5. The minimum atomic E-state index is -0.0665. The first-order valence-corrected chi connectivity index (χ1v) is 11.7. The van der Waals surface area contributed by atoms with Crippen LogP contribution in [-0.2, 0) is 17.9 Å². The predicted molar refractivity (Wildman–Crippen MR) is 129 cm³/mol. The van der Waals surface area contributed by atoms with Crippen molar-refractivity contribution in [2.45, 2.75) is 46.0 Å². The normalized spacial score (nSPS) is 10.8. The fourth-order valence-electron chi connectivity index (χ4n) is 2.96. The highest BCUT2D eigenvalue weighted by atomic mass is 127. The molecule has 0 saturated heterocycles. The molecule has 0 fully saturated rings. The molecule has 0 aliphatic carbocycles. The van der Waals surface area contributed by atoms with Crippen LogP contribution in [-0.4, -0.2) is 26.4 Å². The molecular weight excluding hydrogens is 511 g/mol. The number of nitrogens with zero attached hydrogens (tertiary/aromatic N) is 3. The number of nitrogens with one attached hydrogen (secondary N) is 1. The number of benzene rings is 2. The van der Waals surface area contributed by atoms with E-state index in [1.54, 1.807) is 0 Å². The number of aromatic nitrogens is 3. The lowest BCUT2D eigenvalue weighted by molar-refractivity contribution is -0.113. The van der Waals surface area contributed by atoms with Crippen LogP contribution >= 0.6 is 34.4 Å². The van der Waals surface area contributed by atoms with Gasteiger partial charge in [-0.3, -0.25) is 4.79 Å². The van der Waals surface area contributed by atoms with E-state index in [1.165, 1.54) is 17.3 Å². The standard InChI is InChI=1S/C22H25IN4O2S/c1-5-27-20(12-29-19-8-6-7-14(2)16(19)4)25-26-22(27)30-13-21(28)24-18-10-9-17(23)11-15(18)3/h6-11H,5,12-13H2,1-4H3,(H,24,28). The summed E-state index contributed by atoms with van der Waals surface area (Å²) in [5.41, 5.74) is 4.19. The molecule has 0 radical (unpaired) electrons. The summed E-state index contributed by atoms with van der Waals surface area (Å²) in [6, 6.07) is 12.0. The molecule has 1 amide bonds. The van der Waals surface area contributed by atoms with Crippen LogP contribution in [0.5, 0.6) is 5.75 Å². The molecule has 6 nitrogen and oxygen atoms in total. The van der Waals surface area contributed by atoms with Gasteiger partial charge in [-0.1, -0.05) is 23.9 Å². The van der Waals surface area contributed by atoms with Gasteiger partial charge in [0.15, 0.2) is 11.0 Å². The van der Waals surface area contributed by atoms with E-state index in [1.807, 2.05) is 55.7 Å². The van der Waals surface area contributed by atoms with Gasteiger partial charge < -0.3 is 14.6 Å². The van der Waals surface area contributed by atoms with Crippen molar-refractivity contribution in [3.63, 3.8) is 0 Å². The van der Waals surface area contributed by atoms with Crippen molar-refractivity contribution in [1.29, 1.82) is 0 Å². The van der Waals surface area contributed by atoms with Crippen molar-refractivity contribution in [3.8, 4) is 5.75 Å². The van der Waals surface area contributed by atoms with Gasteiger partial charge in [0.2, 0.25) is 5.91 Å². The summed E-state index contributed by atoms with van der Waals surface area (Å²) >= 11 is 3.64. The first-order chi connectivity index (χ1) is 14.4. The number of hydrogen-bond donors (Lipinski definition) is 1. The highest BCUT2D eigenvalue weighted by Crippen LogP contribution is 2.23. The van der Waals surface area contributed by atoms with Gasteiger partial charge in [0.05, 0.1) is 5.75 Å². The van der Waals surface area contributed by atoms with Gasteiger partial charge in [-0.2, -0.15) is 0 Å². The summed E-state index contributed by atoms with van der Waals surface area (Å²) in [5, 5.41) is 12.2. The van der Waals surface area contributed by atoms with E-state index < -0.39 is 0 Å². The van der Waals surface area contributed by atoms with Crippen molar-refractivity contribution in [2.24, 2.45) is 0 Å². The quantitative estimate of drug-likeness (QED) is 0.319. The lowest BCUT2D eigenvalue weighted by Gasteiger charge is -2.12. The van der Waals surface area contributed by atoms with Crippen molar-refractivity contribution in [3.05, 3.63) is 62.5 Å². The summed E-state index contributed by atoms with van der Waals surface area (Å²) in [4.78, 5) is 12.4. The summed E-state index contributed by atoms with van der Waals surface area (Å²) in [6.07, 6.45) is 0. The highest BCUT2D eigenvalue weighted by molar-refractivity contribution is 14.1. The van der Waals surface area contributed by atoms with Crippen LogP contribution in [0.1, 0.15) is 29.4 Å². The van der Waals surface area contributed by atoms with Gasteiger partial charge in [-0.05, 0) is 91.2 Å². The van der Waals surface area contributed by atoms with Crippen molar-refractivity contribution >= 4 is 45.9 Å². The van der Waals surface area contributed by atoms with Crippen LogP contribution < -0.4 is 10.1 Å². The Kier molecular flexibility index (Phi) is 7.76. The van der Waals surface area contributed by atoms with Crippen LogP contribution in [0.4, 0.5) is 5.69 Å².